The van der Waals surface area contributed by atoms with Crippen molar-refractivity contribution < 1.29 is 14.3 Å². The first-order valence-electron chi connectivity index (χ1n) is 5.18. The van der Waals surface area contributed by atoms with Crippen molar-refractivity contribution in [2.45, 2.75) is 6.92 Å². The lowest BCUT2D eigenvalue weighted by Gasteiger charge is -2.18. The van der Waals surface area contributed by atoms with Gasteiger partial charge in [-0.3, -0.25) is 0 Å². The molecule has 0 aliphatic carbocycles. The van der Waals surface area contributed by atoms with Crippen molar-refractivity contribution in [2.75, 3.05) is 0 Å². The Kier molecular flexibility index (Phi) is 2.57. The summed E-state index contributed by atoms with van der Waals surface area (Å²) in [5.41, 5.74) is 1.77. The lowest BCUT2D eigenvalue weighted by atomic mass is 9.95. The third-order valence-electron chi connectivity index (χ3n) is 2.94. The molecule has 0 spiro atoms. The van der Waals surface area contributed by atoms with Crippen LogP contribution in [0.25, 0.3) is 10.8 Å². The number of carbonyl (C=O) groups is 2. The Morgan fingerprint density at radius 1 is 1.00 bits per heavy atom. The van der Waals surface area contributed by atoms with Crippen LogP contribution in [0.2, 0.25) is 0 Å². The average molecular weight is 370 g/mol. The molecular formula is C13H6Br2O3. The van der Waals surface area contributed by atoms with Crippen molar-refractivity contribution in [1.29, 1.82) is 0 Å². The van der Waals surface area contributed by atoms with Gasteiger partial charge in [0.05, 0.1) is 11.1 Å². The zero-order chi connectivity index (χ0) is 13.0. The first-order valence-corrected chi connectivity index (χ1v) is 6.76. The van der Waals surface area contributed by atoms with E-state index in [2.05, 4.69) is 31.9 Å². The van der Waals surface area contributed by atoms with Gasteiger partial charge < -0.3 is 4.74 Å². The van der Waals surface area contributed by atoms with Crippen LogP contribution >= 0.6 is 31.9 Å². The number of rotatable bonds is 0. The molecule has 1 heterocycles. The predicted octanol–water partition coefficient (Wildman–Crippen LogP) is 3.98. The van der Waals surface area contributed by atoms with Crippen molar-refractivity contribution in [3.05, 3.63) is 43.8 Å². The molecule has 18 heavy (non-hydrogen) atoms. The van der Waals surface area contributed by atoms with Gasteiger partial charge in [-0.05, 0) is 52.0 Å². The SMILES string of the molecule is Cc1cc2c3c(cc(Br)cc3c1Br)C(=O)OC2=O. The molecule has 2 aromatic rings. The Morgan fingerprint density at radius 3 is 2.28 bits per heavy atom. The predicted molar refractivity (Wildman–Crippen MR) is 73.8 cm³/mol. The Morgan fingerprint density at radius 2 is 1.61 bits per heavy atom. The smallest absolute Gasteiger partial charge is 0.346 e. The van der Waals surface area contributed by atoms with Crippen molar-refractivity contribution in [1.82, 2.24) is 0 Å². The maximum Gasteiger partial charge on any atom is 0.346 e. The summed E-state index contributed by atoms with van der Waals surface area (Å²) in [4.78, 5) is 23.5. The number of ether oxygens (including phenoxy) is 1. The van der Waals surface area contributed by atoms with E-state index in [1.54, 1.807) is 12.1 Å². The van der Waals surface area contributed by atoms with Crippen LogP contribution in [0.15, 0.2) is 27.1 Å². The number of carbonyl (C=O) groups excluding carboxylic acids is 2. The molecule has 0 N–H and O–H groups in total. The Labute approximate surface area is 119 Å². The minimum atomic E-state index is -0.602. The van der Waals surface area contributed by atoms with Crippen LogP contribution in [0.5, 0.6) is 0 Å². The molecule has 0 amide bonds. The Hall–Kier alpha value is -1.20. The summed E-state index contributed by atoms with van der Waals surface area (Å²) in [5.74, 6) is -1.19. The molecule has 90 valence electrons. The molecule has 2 aromatic carbocycles. The monoisotopic (exact) mass is 368 g/mol. The molecule has 0 unspecified atom stereocenters. The second-order valence-corrected chi connectivity index (χ2v) is 5.82. The van der Waals surface area contributed by atoms with E-state index < -0.39 is 11.9 Å². The topological polar surface area (TPSA) is 43.4 Å². The molecule has 1 aliphatic heterocycles. The van der Waals surface area contributed by atoms with Crippen LogP contribution in [0, 0.1) is 6.92 Å². The summed E-state index contributed by atoms with van der Waals surface area (Å²) in [6.07, 6.45) is 0. The van der Waals surface area contributed by atoms with E-state index in [1.807, 2.05) is 13.0 Å². The van der Waals surface area contributed by atoms with Crippen LogP contribution in [0.1, 0.15) is 26.3 Å². The van der Waals surface area contributed by atoms with Gasteiger partial charge in [0.1, 0.15) is 0 Å². The first-order chi connectivity index (χ1) is 8.49. The van der Waals surface area contributed by atoms with Gasteiger partial charge >= 0.3 is 11.9 Å². The minimum absolute atomic E-state index is 0.412. The molecule has 3 rings (SSSR count). The highest BCUT2D eigenvalue weighted by Gasteiger charge is 2.29. The first kappa shape index (κ1) is 11.9. The summed E-state index contributed by atoms with van der Waals surface area (Å²) in [5, 5.41) is 1.48. The number of cyclic esters (lactones) is 2. The summed E-state index contributed by atoms with van der Waals surface area (Å²) >= 11 is 6.85. The standard InChI is InChI=1S/C13H6Br2O3/c1-5-2-8-10-7(11(5)15)3-6(14)4-9(10)13(17)18-12(8)16/h2-4H,1H3. The van der Waals surface area contributed by atoms with Crippen molar-refractivity contribution in [2.24, 2.45) is 0 Å². The Balaban J connectivity index is 2.60. The quantitative estimate of drug-likeness (QED) is 0.521. The number of hydrogen-bond acceptors (Lipinski definition) is 3. The molecule has 0 saturated carbocycles. The minimum Gasteiger partial charge on any atom is -0.386 e. The third-order valence-corrected chi connectivity index (χ3v) is 4.45. The fourth-order valence-corrected chi connectivity index (χ4v) is 3.04. The molecule has 0 saturated heterocycles. The molecular weight excluding hydrogens is 364 g/mol. The largest absolute Gasteiger partial charge is 0.386 e. The lowest BCUT2D eigenvalue weighted by Crippen LogP contribution is -2.20. The highest BCUT2D eigenvalue weighted by Crippen LogP contribution is 2.37. The lowest BCUT2D eigenvalue weighted by molar-refractivity contribution is 0.0391. The van der Waals surface area contributed by atoms with E-state index in [0.29, 0.717) is 16.5 Å². The van der Waals surface area contributed by atoms with Gasteiger partial charge in [-0.25, -0.2) is 9.59 Å². The van der Waals surface area contributed by atoms with Crippen LogP contribution in [0.4, 0.5) is 0 Å². The molecule has 5 heteroatoms. The average Bonchev–Trinajstić information content (AvgIpc) is 2.31. The Bertz CT molecular complexity index is 715. The van der Waals surface area contributed by atoms with E-state index in [4.69, 9.17) is 4.74 Å². The number of benzene rings is 2. The van der Waals surface area contributed by atoms with Gasteiger partial charge in [0.15, 0.2) is 0 Å². The van der Waals surface area contributed by atoms with E-state index in [9.17, 15) is 9.59 Å². The highest BCUT2D eigenvalue weighted by molar-refractivity contribution is 9.11. The summed E-state index contributed by atoms with van der Waals surface area (Å²) < 4.78 is 6.39. The van der Waals surface area contributed by atoms with Gasteiger partial charge in [0.25, 0.3) is 0 Å². The van der Waals surface area contributed by atoms with Gasteiger partial charge in [-0.15, -0.1) is 0 Å². The maximum atomic E-state index is 11.8. The van der Waals surface area contributed by atoms with Gasteiger partial charge in [-0.2, -0.15) is 0 Å². The number of esters is 2. The molecule has 0 fully saturated rings. The van der Waals surface area contributed by atoms with Crippen molar-refractivity contribution >= 4 is 54.6 Å². The molecule has 0 bridgehead atoms. The normalized spacial score (nSPS) is 13.9. The van der Waals surface area contributed by atoms with E-state index >= 15 is 0 Å². The fourth-order valence-electron chi connectivity index (χ4n) is 2.15. The third kappa shape index (κ3) is 1.54. The summed E-state index contributed by atoms with van der Waals surface area (Å²) in [7, 11) is 0. The second-order valence-electron chi connectivity index (χ2n) is 4.11. The van der Waals surface area contributed by atoms with Crippen LogP contribution < -0.4 is 0 Å². The number of aryl methyl sites for hydroxylation is 1. The summed E-state index contributed by atoms with van der Waals surface area (Å²) in [6, 6.07) is 5.28. The van der Waals surface area contributed by atoms with E-state index in [1.165, 1.54) is 0 Å². The molecule has 3 nitrogen and oxygen atoms in total. The van der Waals surface area contributed by atoms with Crippen LogP contribution in [-0.2, 0) is 4.74 Å². The molecule has 0 aromatic heterocycles. The summed E-state index contributed by atoms with van der Waals surface area (Å²) in [6.45, 7) is 1.89. The molecule has 0 radical (unpaired) electrons. The van der Waals surface area contributed by atoms with Gasteiger partial charge in [0.2, 0.25) is 0 Å². The van der Waals surface area contributed by atoms with Crippen molar-refractivity contribution in [3.8, 4) is 0 Å². The van der Waals surface area contributed by atoms with Gasteiger partial charge in [0, 0.05) is 14.3 Å². The highest BCUT2D eigenvalue weighted by atomic mass is 79.9. The zero-order valence-electron chi connectivity index (χ0n) is 9.21. The number of halogens is 2. The van der Waals surface area contributed by atoms with E-state index in [-0.39, 0.29) is 0 Å². The number of hydrogen-bond donors (Lipinski definition) is 0. The molecule has 1 aliphatic rings. The van der Waals surface area contributed by atoms with E-state index in [0.717, 1.165) is 19.9 Å². The second kappa shape index (κ2) is 3.90. The fraction of sp³-hybridized carbons (Fsp3) is 0.0769. The van der Waals surface area contributed by atoms with Crippen LogP contribution in [-0.4, -0.2) is 11.9 Å². The molecule has 0 atom stereocenters. The van der Waals surface area contributed by atoms with Crippen LogP contribution in [0.3, 0.4) is 0 Å². The van der Waals surface area contributed by atoms with Crippen molar-refractivity contribution in [3.63, 3.8) is 0 Å². The zero-order valence-corrected chi connectivity index (χ0v) is 12.4. The maximum absolute atomic E-state index is 11.8. The van der Waals surface area contributed by atoms with Gasteiger partial charge in [-0.1, -0.05) is 15.9 Å².